The van der Waals surface area contributed by atoms with Crippen molar-refractivity contribution in [2.75, 3.05) is 24.8 Å². The van der Waals surface area contributed by atoms with Crippen LogP contribution < -0.4 is 16.0 Å². The van der Waals surface area contributed by atoms with Crippen LogP contribution in [-0.2, 0) is 9.59 Å². The van der Waals surface area contributed by atoms with E-state index in [9.17, 15) is 28.8 Å². The van der Waals surface area contributed by atoms with E-state index in [1.165, 1.54) is 45.9 Å². The summed E-state index contributed by atoms with van der Waals surface area (Å²) >= 11 is 6.92. The molecule has 3 heterocycles. The zero-order chi connectivity index (χ0) is 25.1. The molecule has 0 unspecified atom stereocenters. The Labute approximate surface area is 207 Å². The summed E-state index contributed by atoms with van der Waals surface area (Å²) in [6.45, 7) is -0.338. The molecule has 3 aromatic rings. The number of anilines is 1. The number of carbonyl (C=O) groups excluding carboxylic acids is 2. The van der Waals surface area contributed by atoms with Gasteiger partial charge in [-0.05, 0) is 42.5 Å². The van der Waals surface area contributed by atoms with Crippen LogP contribution in [0.3, 0.4) is 0 Å². The molecule has 0 aliphatic carbocycles. The van der Waals surface area contributed by atoms with Gasteiger partial charge in [0, 0.05) is 31.0 Å². The second-order valence-corrected chi connectivity index (χ2v) is 9.64. The van der Waals surface area contributed by atoms with Crippen molar-refractivity contribution in [3.8, 4) is 5.69 Å². The average molecular weight is 519 g/mol. The minimum atomic E-state index is -1.13. The lowest BCUT2D eigenvalue weighted by Gasteiger charge is -2.19. The van der Waals surface area contributed by atoms with Crippen molar-refractivity contribution < 1.29 is 24.0 Å². The van der Waals surface area contributed by atoms with Crippen molar-refractivity contribution in [3.63, 3.8) is 0 Å². The van der Waals surface area contributed by atoms with Crippen molar-refractivity contribution in [1.82, 2.24) is 14.8 Å². The maximum Gasteiger partial charge on any atom is 0.309 e. The van der Waals surface area contributed by atoms with E-state index in [-0.39, 0.29) is 36.0 Å². The summed E-state index contributed by atoms with van der Waals surface area (Å²) in [6, 6.07) is 12.8. The fraction of sp³-hybridized carbons (Fsp3) is 0.217. The van der Waals surface area contributed by atoms with Crippen LogP contribution in [0.2, 0.25) is 4.34 Å². The first kappa shape index (κ1) is 24.6. The number of halogens is 2. The first-order valence-corrected chi connectivity index (χ1v) is 11.7. The normalized spacial score (nSPS) is 17.8. The number of hydrogen-bond donors (Lipinski definition) is 2. The molecule has 2 amide bonds. The molecule has 4 rings (SSSR count). The van der Waals surface area contributed by atoms with E-state index < -0.39 is 29.7 Å². The molecule has 2 atom stereocenters. The number of aromatic nitrogens is 1. The molecule has 1 saturated heterocycles. The van der Waals surface area contributed by atoms with Crippen molar-refractivity contribution in [2.45, 2.75) is 6.04 Å². The number of thiophene rings is 1. The summed E-state index contributed by atoms with van der Waals surface area (Å²) in [5, 5.41) is 12.2. The summed E-state index contributed by atoms with van der Waals surface area (Å²) in [5.74, 6) is -3.44. The molecule has 2 aromatic heterocycles. The third-order valence-corrected chi connectivity index (χ3v) is 6.81. The highest BCUT2D eigenvalue weighted by Crippen LogP contribution is 2.24. The van der Waals surface area contributed by atoms with Gasteiger partial charge in [-0.15, -0.1) is 16.5 Å². The highest BCUT2D eigenvalue weighted by Gasteiger charge is 2.40. The van der Waals surface area contributed by atoms with Crippen molar-refractivity contribution in [3.05, 3.63) is 80.4 Å². The number of benzene rings is 1. The molecule has 35 heavy (non-hydrogen) atoms. The van der Waals surface area contributed by atoms with Crippen LogP contribution in [0.1, 0.15) is 9.67 Å². The van der Waals surface area contributed by atoms with Gasteiger partial charge in [0.1, 0.15) is 0 Å². The average Bonchev–Trinajstić information content (AvgIpc) is 3.45. The first-order valence-electron chi connectivity index (χ1n) is 10.5. The summed E-state index contributed by atoms with van der Waals surface area (Å²) in [4.78, 5) is 50.4. The molecule has 0 saturated carbocycles. The van der Waals surface area contributed by atoms with Gasteiger partial charge in [0.25, 0.3) is 17.4 Å². The Morgan fingerprint density at radius 1 is 1.11 bits per heavy atom. The Hall–Kier alpha value is -3.54. The minimum Gasteiger partial charge on any atom is -0.481 e. The summed E-state index contributed by atoms with van der Waals surface area (Å²) < 4.78 is 16.6. The van der Waals surface area contributed by atoms with Crippen molar-refractivity contribution >= 4 is 46.4 Å². The smallest absolute Gasteiger partial charge is 0.309 e. The Morgan fingerprint density at radius 3 is 2.49 bits per heavy atom. The van der Waals surface area contributed by atoms with Gasteiger partial charge in [-0.3, -0.25) is 28.6 Å². The van der Waals surface area contributed by atoms with Crippen molar-refractivity contribution in [1.29, 1.82) is 0 Å². The maximum absolute atomic E-state index is 14.8. The Kier molecular flexibility index (Phi) is 7.29. The molecule has 2 N–H and O–H groups in total. The third-order valence-electron chi connectivity index (χ3n) is 5.58. The molecule has 12 heteroatoms. The van der Waals surface area contributed by atoms with Crippen molar-refractivity contribution in [2.24, 2.45) is 5.92 Å². The van der Waals surface area contributed by atoms with E-state index in [0.717, 1.165) is 11.3 Å². The van der Waals surface area contributed by atoms with Gasteiger partial charge in [-0.1, -0.05) is 22.1 Å². The third kappa shape index (κ3) is 5.59. The number of carboxylic acids is 1. The lowest BCUT2D eigenvalue weighted by molar-refractivity contribution is -0.141. The predicted molar refractivity (Wildman–Crippen MR) is 129 cm³/mol. The summed E-state index contributed by atoms with van der Waals surface area (Å²) in [5.41, 5.74) is 0.227. The zero-order valence-electron chi connectivity index (χ0n) is 18.1. The summed E-state index contributed by atoms with van der Waals surface area (Å²) in [6.07, 6.45) is 1.57. The lowest BCUT2D eigenvalue weighted by Crippen LogP contribution is -2.43. The predicted octanol–water partition coefficient (Wildman–Crippen LogP) is 2.58. The van der Waals surface area contributed by atoms with E-state index in [1.54, 1.807) is 24.4 Å². The van der Waals surface area contributed by atoms with Crippen LogP contribution in [0, 0.1) is 5.92 Å². The maximum atomic E-state index is 14.8. The van der Waals surface area contributed by atoms with Gasteiger partial charge < -0.3 is 10.4 Å². The second kappa shape index (κ2) is 10.4. The van der Waals surface area contributed by atoms with Gasteiger partial charge in [0.2, 0.25) is 0 Å². The number of nitrogens with zero attached hydrogens (tertiary/aromatic N) is 3. The van der Waals surface area contributed by atoms with E-state index >= 15 is 0 Å². The van der Waals surface area contributed by atoms with Crippen LogP contribution in [-0.4, -0.2) is 58.0 Å². The highest BCUT2D eigenvalue weighted by molar-refractivity contribution is 7.18. The molecule has 0 spiro atoms. The molecule has 0 bridgehead atoms. The van der Waals surface area contributed by atoms with Crippen LogP contribution in [0.4, 0.5) is 10.2 Å². The monoisotopic (exact) mass is 518 g/mol. The van der Waals surface area contributed by atoms with E-state index in [1.807, 2.05) is 0 Å². The topological polar surface area (TPSA) is 112 Å². The number of amides is 2. The molecular formula is C23H20ClFN4O5S. The Bertz CT molecular complexity index is 1310. The molecule has 1 fully saturated rings. The molecule has 9 nitrogen and oxygen atoms in total. The van der Waals surface area contributed by atoms with Crippen LogP contribution >= 0.6 is 22.9 Å². The number of pyridine rings is 1. The number of likely N-dealkylation sites (tertiary alicyclic amines) is 1. The molecular weight excluding hydrogens is 499 g/mol. The van der Waals surface area contributed by atoms with Gasteiger partial charge in [-0.25, -0.2) is 0 Å². The van der Waals surface area contributed by atoms with Gasteiger partial charge >= 0.3 is 5.97 Å². The van der Waals surface area contributed by atoms with Crippen LogP contribution in [0.15, 0.2) is 65.6 Å². The van der Waals surface area contributed by atoms with Crippen LogP contribution in [0.5, 0.6) is 0 Å². The number of carboxylic acid groups (broad SMARTS) is 1. The molecule has 1 aliphatic heterocycles. The minimum absolute atomic E-state index is 0.0210. The molecule has 182 valence electrons. The second-order valence-electron chi connectivity index (χ2n) is 7.92. The van der Waals surface area contributed by atoms with Gasteiger partial charge in [0.05, 0.1) is 33.4 Å². The van der Waals surface area contributed by atoms with Gasteiger partial charge in [0.15, 0.2) is 0 Å². The molecule has 0 radical (unpaired) electrons. The van der Waals surface area contributed by atoms with E-state index in [0.29, 0.717) is 14.9 Å². The number of carbonyl (C=O) groups is 3. The largest absolute Gasteiger partial charge is 0.481 e. The van der Waals surface area contributed by atoms with E-state index in [4.69, 9.17) is 11.6 Å². The Balaban J connectivity index is 1.39. The number of nitrogens with one attached hydrogen (secondary N) is 1. The number of hydrogen-bond acceptors (Lipinski definition) is 6. The summed E-state index contributed by atoms with van der Waals surface area (Å²) in [7, 11) is 0. The zero-order valence-corrected chi connectivity index (χ0v) is 19.7. The standard InChI is InChI=1S/C23H20ClFN4O5S/c24-19-9-8-18(35-19)22(32)26-17-12-27(11-16(17)23(33)34)13-21(31)29(25)15-6-4-14(5-7-15)28-10-2-1-3-20(28)30/h1-10,16-17H,11-13H2,(H,26,32)(H,33,34)/t16-,17-/m0/s1. The first-order chi connectivity index (χ1) is 16.7. The quantitative estimate of drug-likeness (QED) is 0.465. The Morgan fingerprint density at radius 2 is 1.86 bits per heavy atom. The number of aliphatic carboxylic acids is 1. The number of rotatable bonds is 7. The fourth-order valence-corrected chi connectivity index (χ4v) is 4.82. The molecule has 1 aromatic carbocycles. The highest BCUT2D eigenvalue weighted by atomic mass is 35.5. The molecule has 1 aliphatic rings. The SMILES string of the molecule is O=C(N[C@H]1CN(CC(=O)N(F)c2ccc(-n3ccccc3=O)cc2)C[C@@H]1C(=O)O)c1ccc(Cl)s1. The van der Waals surface area contributed by atoms with Gasteiger partial charge in [-0.2, -0.15) is 0 Å². The fourth-order valence-electron chi connectivity index (χ4n) is 3.87. The lowest BCUT2D eigenvalue weighted by atomic mass is 10.0. The van der Waals surface area contributed by atoms with E-state index in [2.05, 4.69) is 5.32 Å². The van der Waals surface area contributed by atoms with Crippen LogP contribution in [0.25, 0.3) is 5.69 Å².